The SMILES string of the molecule is C=CCCCCCCc1ccc(-c2ccc([C@H]3CC[C@H](O)CC3)cc2)nc1. The van der Waals surface area contributed by atoms with E-state index in [2.05, 4.69) is 48.0 Å². The van der Waals surface area contributed by atoms with Crippen molar-refractivity contribution in [3.05, 3.63) is 66.4 Å². The maximum Gasteiger partial charge on any atom is 0.0702 e. The summed E-state index contributed by atoms with van der Waals surface area (Å²) >= 11 is 0. The second kappa shape index (κ2) is 10.4. The highest BCUT2D eigenvalue weighted by Crippen LogP contribution is 2.33. The molecule has 1 fully saturated rings. The van der Waals surface area contributed by atoms with Gasteiger partial charge in [0.05, 0.1) is 11.8 Å². The Labute approximate surface area is 164 Å². The molecular formula is C25H33NO. The van der Waals surface area contributed by atoms with E-state index >= 15 is 0 Å². The first-order valence-electron chi connectivity index (χ1n) is 10.6. The largest absolute Gasteiger partial charge is 0.393 e. The summed E-state index contributed by atoms with van der Waals surface area (Å²) in [5, 5.41) is 9.68. The molecule has 1 N–H and O–H groups in total. The van der Waals surface area contributed by atoms with E-state index in [1.54, 1.807) is 0 Å². The van der Waals surface area contributed by atoms with Crippen LogP contribution < -0.4 is 0 Å². The van der Waals surface area contributed by atoms with Crippen molar-refractivity contribution >= 4 is 0 Å². The van der Waals surface area contributed by atoms with Crippen LogP contribution in [0.3, 0.4) is 0 Å². The summed E-state index contributed by atoms with van der Waals surface area (Å²) in [7, 11) is 0. The fourth-order valence-corrected chi connectivity index (χ4v) is 4.05. The molecule has 2 aromatic rings. The van der Waals surface area contributed by atoms with E-state index in [0.29, 0.717) is 5.92 Å². The second-order valence-corrected chi connectivity index (χ2v) is 7.92. The number of allylic oxidation sites excluding steroid dienone is 1. The summed E-state index contributed by atoms with van der Waals surface area (Å²) in [4.78, 5) is 4.68. The van der Waals surface area contributed by atoms with Gasteiger partial charge in [0.25, 0.3) is 0 Å². The van der Waals surface area contributed by atoms with Crippen LogP contribution in [0.5, 0.6) is 0 Å². The predicted octanol–water partition coefficient (Wildman–Crippen LogP) is 6.45. The van der Waals surface area contributed by atoms with Crippen molar-refractivity contribution in [3.63, 3.8) is 0 Å². The minimum atomic E-state index is -0.0876. The van der Waals surface area contributed by atoms with Gasteiger partial charge in [0.15, 0.2) is 0 Å². The standard InChI is InChI=1S/C25H33NO/c1-2-3-4-5-6-7-8-20-9-18-25(26-19-20)23-12-10-21(11-13-23)22-14-16-24(27)17-15-22/h2,9-13,18-19,22,24,27H,1,3-8,14-17H2/t22-,24-. The van der Waals surface area contributed by atoms with Crippen molar-refractivity contribution in [2.24, 2.45) is 0 Å². The minimum absolute atomic E-state index is 0.0876. The minimum Gasteiger partial charge on any atom is -0.393 e. The summed E-state index contributed by atoms with van der Waals surface area (Å²) in [5.74, 6) is 0.601. The van der Waals surface area contributed by atoms with Gasteiger partial charge in [0.2, 0.25) is 0 Å². The Morgan fingerprint density at radius 1 is 0.926 bits per heavy atom. The van der Waals surface area contributed by atoms with Crippen LogP contribution in [0.2, 0.25) is 0 Å². The summed E-state index contributed by atoms with van der Waals surface area (Å²) < 4.78 is 0. The number of unbranched alkanes of at least 4 members (excludes halogenated alkanes) is 4. The third-order valence-corrected chi connectivity index (χ3v) is 5.82. The average molecular weight is 364 g/mol. The van der Waals surface area contributed by atoms with E-state index < -0.39 is 0 Å². The molecule has 0 bridgehead atoms. The number of aliphatic hydroxyl groups excluding tert-OH is 1. The molecule has 27 heavy (non-hydrogen) atoms. The number of aryl methyl sites for hydroxylation is 1. The van der Waals surface area contributed by atoms with Crippen LogP contribution in [-0.4, -0.2) is 16.2 Å². The van der Waals surface area contributed by atoms with Gasteiger partial charge in [-0.05, 0) is 74.5 Å². The van der Waals surface area contributed by atoms with Gasteiger partial charge in [-0.3, -0.25) is 4.98 Å². The van der Waals surface area contributed by atoms with E-state index in [1.165, 1.54) is 42.4 Å². The summed E-state index contributed by atoms with van der Waals surface area (Å²) in [6.45, 7) is 3.77. The molecule has 0 amide bonds. The van der Waals surface area contributed by atoms with Crippen LogP contribution in [0.4, 0.5) is 0 Å². The zero-order valence-corrected chi connectivity index (χ0v) is 16.4. The molecule has 0 aliphatic heterocycles. The highest BCUT2D eigenvalue weighted by molar-refractivity contribution is 5.59. The smallest absolute Gasteiger partial charge is 0.0702 e. The van der Waals surface area contributed by atoms with Gasteiger partial charge < -0.3 is 5.11 Å². The van der Waals surface area contributed by atoms with Crippen molar-refractivity contribution in [1.82, 2.24) is 4.98 Å². The normalized spacial score (nSPS) is 19.7. The first kappa shape index (κ1) is 19.8. The molecule has 0 radical (unpaired) electrons. The Balaban J connectivity index is 1.50. The van der Waals surface area contributed by atoms with Crippen molar-refractivity contribution in [3.8, 4) is 11.3 Å². The summed E-state index contributed by atoms with van der Waals surface area (Å²) in [6, 6.07) is 13.3. The molecule has 144 valence electrons. The molecule has 0 atom stereocenters. The maximum atomic E-state index is 9.68. The number of aliphatic hydroxyl groups is 1. The van der Waals surface area contributed by atoms with Crippen LogP contribution >= 0.6 is 0 Å². The zero-order chi connectivity index (χ0) is 18.9. The van der Waals surface area contributed by atoms with Crippen molar-refractivity contribution in [2.45, 2.75) is 76.2 Å². The van der Waals surface area contributed by atoms with E-state index in [9.17, 15) is 5.11 Å². The van der Waals surface area contributed by atoms with Gasteiger partial charge in [0.1, 0.15) is 0 Å². The van der Waals surface area contributed by atoms with E-state index in [0.717, 1.165) is 44.2 Å². The molecule has 1 aliphatic rings. The van der Waals surface area contributed by atoms with Crippen molar-refractivity contribution in [2.75, 3.05) is 0 Å². The molecule has 0 saturated heterocycles. The Hall–Kier alpha value is -1.93. The molecule has 2 heteroatoms. The number of hydrogen-bond donors (Lipinski definition) is 1. The Morgan fingerprint density at radius 2 is 1.67 bits per heavy atom. The quantitative estimate of drug-likeness (QED) is 0.410. The van der Waals surface area contributed by atoms with Crippen molar-refractivity contribution in [1.29, 1.82) is 0 Å². The summed E-state index contributed by atoms with van der Waals surface area (Å²) in [6.07, 6.45) is 15.4. The van der Waals surface area contributed by atoms with Gasteiger partial charge in [-0.15, -0.1) is 6.58 Å². The van der Waals surface area contributed by atoms with Gasteiger partial charge in [-0.2, -0.15) is 0 Å². The monoisotopic (exact) mass is 363 g/mol. The molecule has 1 aromatic carbocycles. The van der Waals surface area contributed by atoms with Crippen LogP contribution in [-0.2, 0) is 6.42 Å². The van der Waals surface area contributed by atoms with Crippen LogP contribution in [0.25, 0.3) is 11.3 Å². The molecule has 3 rings (SSSR count). The van der Waals surface area contributed by atoms with Crippen LogP contribution in [0.1, 0.15) is 74.8 Å². The van der Waals surface area contributed by atoms with Crippen LogP contribution in [0, 0.1) is 0 Å². The Morgan fingerprint density at radius 3 is 2.33 bits per heavy atom. The average Bonchev–Trinajstić information content (AvgIpc) is 2.72. The number of aromatic nitrogens is 1. The number of hydrogen-bond acceptors (Lipinski definition) is 2. The lowest BCUT2D eigenvalue weighted by molar-refractivity contribution is 0.122. The lowest BCUT2D eigenvalue weighted by atomic mass is 9.82. The number of pyridine rings is 1. The number of nitrogens with zero attached hydrogens (tertiary/aromatic N) is 1. The second-order valence-electron chi connectivity index (χ2n) is 7.92. The topological polar surface area (TPSA) is 33.1 Å². The summed E-state index contributed by atoms with van der Waals surface area (Å²) in [5.41, 5.74) is 4.97. The third-order valence-electron chi connectivity index (χ3n) is 5.82. The highest BCUT2D eigenvalue weighted by Gasteiger charge is 2.20. The Bertz CT molecular complexity index is 681. The molecule has 0 spiro atoms. The molecule has 1 aliphatic carbocycles. The lowest BCUT2D eigenvalue weighted by Gasteiger charge is -2.25. The van der Waals surface area contributed by atoms with Gasteiger partial charge in [-0.25, -0.2) is 0 Å². The predicted molar refractivity (Wildman–Crippen MR) is 114 cm³/mol. The van der Waals surface area contributed by atoms with Gasteiger partial charge >= 0.3 is 0 Å². The van der Waals surface area contributed by atoms with Gasteiger partial charge in [0, 0.05) is 11.8 Å². The first-order valence-corrected chi connectivity index (χ1v) is 10.6. The fraction of sp³-hybridized carbons (Fsp3) is 0.480. The molecular weight excluding hydrogens is 330 g/mol. The highest BCUT2D eigenvalue weighted by atomic mass is 16.3. The molecule has 2 nitrogen and oxygen atoms in total. The maximum absolute atomic E-state index is 9.68. The van der Waals surface area contributed by atoms with Crippen molar-refractivity contribution < 1.29 is 5.11 Å². The van der Waals surface area contributed by atoms with Crippen LogP contribution in [0.15, 0.2) is 55.3 Å². The fourth-order valence-electron chi connectivity index (χ4n) is 4.05. The van der Waals surface area contributed by atoms with Gasteiger partial charge in [-0.1, -0.05) is 49.2 Å². The third kappa shape index (κ3) is 6.04. The van der Waals surface area contributed by atoms with E-state index in [4.69, 9.17) is 0 Å². The molecule has 1 aromatic heterocycles. The first-order chi connectivity index (χ1) is 13.3. The van der Waals surface area contributed by atoms with E-state index in [-0.39, 0.29) is 6.10 Å². The Kier molecular flexibility index (Phi) is 7.65. The molecule has 0 unspecified atom stereocenters. The molecule has 1 saturated carbocycles. The number of rotatable bonds is 9. The van der Waals surface area contributed by atoms with E-state index in [1.807, 2.05) is 12.3 Å². The lowest BCUT2D eigenvalue weighted by Crippen LogP contribution is -2.16. The zero-order valence-electron chi connectivity index (χ0n) is 16.4. The number of benzene rings is 1. The molecule has 1 heterocycles.